The summed E-state index contributed by atoms with van der Waals surface area (Å²) in [5.74, 6) is 0.0439. The molecular weight excluding hydrogens is 340 g/mol. The summed E-state index contributed by atoms with van der Waals surface area (Å²) in [5, 5.41) is 12.3. The Hall–Kier alpha value is -2.37. The number of benzene rings is 2. The Bertz CT molecular complexity index is 707. The summed E-state index contributed by atoms with van der Waals surface area (Å²) in [6.07, 6.45) is 3.58. The molecule has 2 aromatic carbocycles. The highest BCUT2D eigenvalue weighted by atomic mass is 16.5. The Balaban J connectivity index is 1.32. The van der Waals surface area contributed by atoms with Crippen LogP contribution in [0.25, 0.3) is 0 Å². The Morgan fingerprint density at radius 2 is 1.67 bits per heavy atom. The van der Waals surface area contributed by atoms with E-state index in [9.17, 15) is 4.79 Å². The predicted molar refractivity (Wildman–Crippen MR) is 106 cm³/mol. The van der Waals surface area contributed by atoms with Gasteiger partial charge in [0.2, 0.25) is 0 Å². The van der Waals surface area contributed by atoms with Crippen LogP contribution in [0.15, 0.2) is 48.5 Å². The zero-order valence-electron chi connectivity index (χ0n) is 15.7. The number of hydrogen-bond acceptors (Lipinski definition) is 4. The Kier molecular flexibility index (Phi) is 7.25. The fourth-order valence-corrected chi connectivity index (χ4v) is 3.28. The molecule has 2 N–H and O–H groups in total. The zero-order chi connectivity index (χ0) is 18.9. The van der Waals surface area contributed by atoms with E-state index >= 15 is 0 Å². The zero-order valence-corrected chi connectivity index (χ0v) is 15.7. The maximum atomic E-state index is 10.8. The first-order chi connectivity index (χ1) is 13.2. The summed E-state index contributed by atoms with van der Waals surface area (Å²) in [7, 11) is 0. The Labute approximate surface area is 161 Å². The van der Waals surface area contributed by atoms with Gasteiger partial charge >= 0.3 is 5.97 Å². The number of carbonyl (C=O) groups is 1. The summed E-state index contributed by atoms with van der Waals surface area (Å²) in [6, 6.07) is 15.3. The molecule has 5 nitrogen and oxygen atoms in total. The number of hydrogen-bond donors (Lipinski definition) is 2. The number of likely N-dealkylation sites (tertiary alicyclic amines) is 1. The minimum atomic E-state index is -0.891. The molecule has 0 atom stereocenters. The molecule has 0 unspecified atom stereocenters. The van der Waals surface area contributed by atoms with Gasteiger partial charge in [-0.1, -0.05) is 24.3 Å². The van der Waals surface area contributed by atoms with Crippen molar-refractivity contribution in [2.75, 3.05) is 32.8 Å². The van der Waals surface area contributed by atoms with Gasteiger partial charge in [-0.25, -0.2) is 4.79 Å². The first kappa shape index (κ1) is 19.4. The highest BCUT2D eigenvalue weighted by Crippen LogP contribution is 2.13. The predicted octanol–water partition coefficient (Wildman–Crippen LogP) is 3.19. The van der Waals surface area contributed by atoms with Crippen molar-refractivity contribution in [2.45, 2.75) is 25.8 Å². The second-order valence-corrected chi connectivity index (χ2v) is 6.97. The molecule has 1 heterocycles. The molecule has 0 spiro atoms. The Morgan fingerprint density at radius 1 is 1.00 bits per heavy atom. The molecule has 3 rings (SSSR count). The van der Waals surface area contributed by atoms with Gasteiger partial charge in [0, 0.05) is 13.1 Å². The molecule has 27 heavy (non-hydrogen) atoms. The van der Waals surface area contributed by atoms with Crippen LogP contribution >= 0.6 is 0 Å². The van der Waals surface area contributed by atoms with Crippen molar-refractivity contribution >= 4 is 5.97 Å². The lowest BCUT2D eigenvalue weighted by Gasteiger charge is -2.15. The summed E-state index contributed by atoms with van der Waals surface area (Å²) in [6.45, 7) is 5.78. The van der Waals surface area contributed by atoms with E-state index in [0.717, 1.165) is 44.0 Å². The van der Waals surface area contributed by atoms with E-state index in [4.69, 9.17) is 9.84 Å². The molecule has 0 bridgehead atoms. The lowest BCUT2D eigenvalue weighted by molar-refractivity contribution is 0.0697. The molecule has 1 saturated heterocycles. The highest BCUT2D eigenvalue weighted by molar-refractivity contribution is 5.87. The third kappa shape index (κ3) is 6.38. The van der Waals surface area contributed by atoms with Gasteiger partial charge in [0.1, 0.15) is 12.4 Å². The topological polar surface area (TPSA) is 61.8 Å². The smallest absolute Gasteiger partial charge is 0.335 e. The Morgan fingerprint density at radius 3 is 2.33 bits per heavy atom. The molecule has 0 aliphatic carbocycles. The van der Waals surface area contributed by atoms with Gasteiger partial charge in [-0.3, -0.25) is 4.90 Å². The van der Waals surface area contributed by atoms with Crippen molar-refractivity contribution in [3.8, 4) is 5.75 Å². The molecule has 0 aromatic heterocycles. The summed E-state index contributed by atoms with van der Waals surface area (Å²) in [5.41, 5.74) is 2.68. The van der Waals surface area contributed by atoms with Crippen LogP contribution in [0.2, 0.25) is 0 Å². The second kappa shape index (κ2) is 10.1. The van der Waals surface area contributed by atoms with Gasteiger partial charge in [-0.2, -0.15) is 0 Å². The van der Waals surface area contributed by atoms with Crippen molar-refractivity contribution in [1.29, 1.82) is 0 Å². The van der Waals surface area contributed by atoms with E-state index in [0.29, 0.717) is 5.56 Å². The number of nitrogens with zero attached hydrogens (tertiary/aromatic N) is 1. The molecule has 5 heteroatoms. The van der Waals surface area contributed by atoms with Crippen molar-refractivity contribution in [3.63, 3.8) is 0 Å². The van der Waals surface area contributed by atoms with E-state index in [2.05, 4.69) is 22.3 Å². The van der Waals surface area contributed by atoms with E-state index < -0.39 is 5.97 Å². The van der Waals surface area contributed by atoms with Crippen molar-refractivity contribution in [3.05, 3.63) is 65.2 Å². The lowest BCUT2D eigenvalue weighted by atomic mass is 10.1. The van der Waals surface area contributed by atoms with Gasteiger partial charge in [-0.05, 0) is 74.3 Å². The van der Waals surface area contributed by atoms with Gasteiger partial charge in [0.25, 0.3) is 0 Å². The van der Waals surface area contributed by atoms with Gasteiger partial charge in [0.15, 0.2) is 0 Å². The lowest BCUT2D eigenvalue weighted by Crippen LogP contribution is -2.25. The van der Waals surface area contributed by atoms with Crippen molar-refractivity contribution in [1.82, 2.24) is 10.2 Å². The average molecular weight is 368 g/mol. The maximum absolute atomic E-state index is 10.8. The molecule has 0 amide bonds. The normalized spacial score (nSPS) is 14.4. The van der Waals surface area contributed by atoms with Crippen LogP contribution in [0.5, 0.6) is 5.75 Å². The number of rotatable bonds is 10. The van der Waals surface area contributed by atoms with E-state index in [1.807, 2.05) is 24.3 Å². The molecule has 0 radical (unpaired) electrons. The fraction of sp³-hybridized carbons (Fsp3) is 0.409. The van der Waals surface area contributed by atoms with Crippen LogP contribution in [-0.4, -0.2) is 48.8 Å². The minimum absolute atomic E-state index is 0.321. The number of ether oxygens (including phenoxy) is 1. The first-order valence-electron chi connectivity index (χ1n) is 9.68. The van der Waals surface area contributed by atoms with Gasteiger partial charge < -0.3 is 15.2 Å². The molecule has 1 fully saturated rings. The molecule has 1 aliphatic rings. The number of nitrogens with one attached hydrogen (secondary N) is 1. The van der Waals surface area contributed by atoms with Crippen LogP contribution in [0.3, 0.4) is 0 Å². The molecule has 144 valence electrons. The van der Waals surface area contributed by atoms with E-state index in [-0.39, 0.29) is 0 Å². The van der Waals surface area contributed by atoms with Crippen LogP contribution < -0.4 is 10.1 Å². The number of carboxylic acid groups (broad SMARTS) is 1. The summed E-state index contributed by atoms with van der Waals surface area (Å²) < 4.78 is 5.83. The average Bonchev–Trinajstić information content (AvgIpc) is 3.20. The number of carboxylic acids is 1. The van der Waals surface area contributed by atoms with E-state index in [1.165, 1.54) is 31.5 Å². The second-order valence-electron chi connectivity index (χ2n) is 6.97. The molecular formula is C22H28N2O3. The van der Waals surface area contributed by atoms with Crippen LogP contribution in [0.4, 0.5) is 0 Å². The molecule has 0 saturated carbocycles. The number of aromatic carboxylic acids is 1. The van der Waals surface area contributed by atoms with Gasteiger partial charge in [0.05, 0.1) is 5.56 Å². The third-order valence-electron chi connectivity index (χ3n) is 4.92. The van der Waals surface area contributed by atoms with Crippen molar-refractivity contribution < 1.29 is 14.6 Å². The van der Waals surface area contributed by atoms with Crippen LogP contribution in [-0.2, 0) is 13.0 Å². The SMILES string of the molecule is O=C(O)c1ccc(CNCCc2ccc(OCCN3CCCC3)cc2)cc1. The quantitative estimate of drug-likeness (QED) is 0.631. The summed E-state index contributed by atoms with van der Waals surface area (Å²) in [4.78, 5) is 13.3. The van der Waals surface area contributed by atoms with Gasteiger partial charge in [-0.15, -0.1) is 0 Å². The largest absolute Gasteiger partial charge is 0.492 e. The minimum Gasteiger partial charge on any atom is -0.492 e. The first-order valence-corrected chi connectivity index (χ1v) is 9.68. The van der Waals surface area contributed by atoms with E-state index in [1.54, 1.807) is 12.1 Å². The molecule has 1 aliphatic heterocycles. The highest BCUT2D eigenvalue weighted by Gasteiger charge is 2.10. The maximum Gasteiger partial charge on any atom is 0.335 e. The van der Waals surface area contributed by atoms with Crippen LogP contribution in [0, 0.1) is 0 Å². The summed E-state index contributed by atoms with van der Waals surface area (Å²) >= 11 is 0. The fourth-order valence-electron chi connectivity index (χ4n) is 3.28. The standard InChI is InChI=1S/C22H28N2O3/c25-22(26)20-7-3-19(4-8-20)17-23-12-11-18-5-9-21(10-6-18)27-16-15-24-13-1-2-14-24/h3-10,23H,1-2,11-17H2,(H,25,26). The van der Waals surface area contributed by atoms with Crippen molar-refractivity contribution in [2.24, 2.45) is 0 Å². The van der Waals surface area contributed by atoms with Crippen LogP contribution in [0.1, 0.15) is 34.3 Å². The molecule has 2 aromatic rings. The third-order valence-corrected chi connectivity index (χ3v) is 4.92. The monoisotopic (exact) mass is 368 g/mol.